The lowest BCUT2D eigenvalue weighted by Gasteiger charge is -2.32. The molecule has 0 radical (unpaired) electrons. The second kappa shape index (κ2) is 9.93. The fourth-order valence-electron chi connectivity index (χ4n) is 3.60. The third-order valence-corrected chi connectivity index (χ3v) is 5.32. The van der Waals surface area contributed by atoms with E-state index in [0.717, 1.165) is 49.2 Å². The number of ether oxygens (including phenoxy) is 1. The van der Waals surface area contributed by atoms with Gasteiger partial charge in [-0.1, -0.05) is 30.3 Å². The van der Waals surface area contributed by atoms with Gasteiger partial charge in [0.25, 0.3) is 5.91 Å². The van der Waals surface area contributed by atoms with Crippen LogP contribution in [0.4, 0.5) is 0 Å². The van der Waals surface area contributed by atoms with Gasteiger partial charge in [0.2, 0.25) is 5.91 Å². The highest BCUT2D eigenvalue weighted by Crippen LogP contribution is 2.21. The van der Waals surface area contributed by atoms with E-state index in [-0.39, 0.29) is 11.8 Å². The molecule has 3 rings (SSSR count). The lowest BCUT2D eigenvalue weighted by atomic mass is 9.93. The van der Waals surface area contributed by atoms with Gasteiger partial charge in [0.05, 0.1) is 13.5 Å². The number of piperidine rings is 1. The van der Waals surface area contributed by atoms with Crippen LogP contribution >= 0.6 is 0 Å². The van der Waals surface area contributed by atoms with Crippen molar-refractivity contribution >= 4 is 11.8 Å². The number of rotatable bonds is 7. The van der Waals surface area contributed by atoms with Crippen molar-refractivity contribution in [3.05, 3.63) is 65.7 Å². The van der Waals surface area contributed by atoms with Gasteiger partial charge in [-0.15, -0.1) is 0 Å². The number of nitrogens with one attached hydrogen (secondary N) is 1. The molecule has 0 aromatic heterocycles. The van der Waals surface area contributed by atoms with Crippen LogP contribution in [0.5, 0.6) is 5.75 Å². The van der Waals surface area contributed by atoms with Crippen LogP contribution in [-0.4, -0.2) is 43.5 Å². The van der Waals surface area contributed by atoms with E-state index in [0.29, 0.717) is 18.9 Å². The summed E-state index contributed by atoms with van der Waals surface area (Å²) < 4.78 is 5.13. The molecule has 5 nitrogen and oxygen atoms in total. The summed E-state index contributed by atoms with van der Waals surface area (Å²) in [4.78, 5) is 26.5. The van der Waals surface area contributed by atoms with Crippen LogP contribution in [0.15, 0.2) is 54.6 Å². The van der Waals surface area contributed by atoms with Crippen LogP contribution in [0, 0.1) is 5.92 Å². The average molecular weight is 380 g/mol. The van der Waals surface area contributed by atoms with Gasteiger partial charge in [-0.05, 0) is 55.0 Å². The normalized spacial score (nSPS) is 14.5. The van der Waals surface area contributed by atoms with Gasteiger partial charge in [0.1, 0.15) is 5.75 Å². The molecule has 148 valence electrons. The quantitative estimate of drug-likeness (QED) is 0.802. The molecule has 1 aliphatic rings. The van der Waals surface area contributed by atoms with Crippen molar-refractivity contribution in [3.63, 3.8) is 0 Å². The van der Waals surface area contributed by atoms with Crippen molar-refractivity contribution in [3.8, 4) is 5.75 Å². The average Bonchev–Trinajstić information content (AvgIpc) is 2.75. The zero-order valence-electron chi connectivity index (χ0n) is 16.4. The summed E-state index contributed by atoms with van der Waals surface area (Å²) in [5.41, 5.74) is 1.73. The molecule has 1 heterocycles. The molecule has 0 aliphatic carbocycles. The molecule has 5 heteroatoms. The summed E-state index contributed by atoms with van der Waals surface area (Å²) >= 11 is 0. The van der Waals surface area contributed by atoms with E-state index in [9.17, 15) is 9.59 Å². The summed E-state index contributed by atoms with van der Waals surface area (Å²) in [5, 5.41) is 3.02. The van der Waals surface area contributed by atoms with E-state index in [1.807, 2.05) is 59.5 Å². The molecule has 0 unspecified atom stereocenters. The van der Waals surface area contributed by atoms with E-state index in [1.165, 1.54) is 0 Å². The Kier molecular flexibility index (Phi) is 7.06. The second-order valence-electron chi connectivity index (χ2n) is 7.27. The highest BCUT2D eigenvalue weighted by molar-refractivity contribution is 5.94. The highest BCUT2D eigenvalue weighted by atomic mass is 16.5. The van der Waals surface area contributed by atoms with Gasteiger partial charge in [-0.25, -0.2) is 0 Å². The number of benzene rings is 2. The molecule has 0 atom stereocenters. The first-order chi connectivity index (χ1) is 13.7. The molecule has 0 spiro atoms. The molecule has 1 fully saturated rings. The van der Waals surface area contributed by atoms with Crippen LogP contribution in [0.3, 0.4) is 0 Å². The van der Waals surface area contributed by atoms with Gasteiger partial charge >= 0.3 is 0 Å². The first kappa shape index (κ1) is 19.9. The fraction of sp³-hybridized carbons (Fsp3) is 0.391. The topological polar surface area (TPSA) is 58.6 Å². The van der Waals surface area contributed by atoms with E-state index in [2.05, 4.69) is 5.32 Å². The van der Waals surface area contributed by atoms with Crippen LogP contribution in [0.2, 0.25) is 0 Å². The number of methoxy groups -OCH3 is 1. The highest BCUT2D eigenvalue weighted by Gasteiger charge is 2.23. The van der Waals surface area contributed by atoms with E-state index in [1.54, 1.807) is 7.11 Å². The lowest BCUT2D eigenvalue weighted by molar-refractivity contribution is -0.120. The Morgan fingerprint density at radius 3 is 2.36 bits per heavy atom. The van der Waals surface area contributed by atoms with Gasteiger partial charge in [-0.3, -0.25) is 9.59 Å². The molecule has 2 amide bonds. The van der Waals surface area contributed by atoms with E-state index < -0.39 is 0 Å². The van der Waals surface area contributed by atoms with Gasteiger partial charge < -0.3 is 15.0 Å². The molecule has 0 bridgehead atoms. The maximum absolute atomic E-state index is 12.5. The molecule has 1 aliphatic heterocycles. The molecule has 1 saturated heterocycles. The Bertz CT molecular complexity index is 766. The minimum absolute atomic E-state index is 0.0434. The summed E-state index contributed by atoms with van der Waals surface area (Å²) in [5.74, 6) is 1.51. The maximum atomic E-state index is 12.5. The minimum Gasteiger partial charge on any atom is -0.497 e. The van der Waals surface area contributed by atoms with Crippen LogP contribution in [-0.2, 0) is 11.2 Å². The van der Waals surface area contributed by atoms with Crippen molar-refractivity contribution in [1.82, 2.24) is 10.2 Å². The predicted octanol–water partition coefficient (Wildman–Crippen LogP) is 3.30. The third kappa shape index (κ3) is 5.59. The van der Waals surface area contributed by atoms with Crippen molar-refractivity contribution in [2.24, 2.45) is 5.92 Å². The van der Waals surface area contributed by atoms with Crippen molar-refractivity contribution in [1.29, 1.82) is 0 Å². The van der Waals surface area contributed by atoms with E-state index >= 15 is 0 Å². The smallest absolute Gasteiger partial charge is 0.253 e. The second-order valence-corrected chi connectivity index (χ2v) is 7.27. The number of carbonyl (C=O) groups excluding carboxylic acids is 2. The Labute approximate surface area is 166 Å². The monoisotopic (exact) mass is 380 g/mol. The number of amides is 2. The van der Waals surface area contributed by atoms with Crippen LogP contribution < -0.4 is 10.1 Å². The zero-order chi connectivity index (χ0) is 19.8. The SMILES string of the molecule is COc1ccc(CC(=O)NCCC2CCN(C(=O)c3ccccc3)CC2)cc1. The van der Waals surface area contributed by atoms with Gasteiger partial charge in [-0.2, -0.15) is 0 Å². The molecule has 2 aromatic rings. The van der Waals surface area contributed by atoms with Crippen molar-refractivity contribution < 1.29 is 14.3 Å². The number of hydrogen-bond acceptors (Lipinski definition) is 3. The lowest BCUT2D eigenvalue weighted by Crippen LogP contribution is -2.39. The Morgan fingerprint density at radius 1 is 1.04 bits per heavy atom. The Balaban J connectivity index is 1.35. The van der Waals surface area contributed by atoms with E-state index in [4.69, 9.17) is 4.74 Å². The molecule has 1 N–H and O–H groups in total. The maximum Gasteiger partial charge on any atom is 0.253 e. The first-order valence-electron chi connectivity index (χ1n) is 9.89. The number of nitrogens with zero attached hydrogens (tertiary/aromatic N) is 1. The summed E-state index contributed by atoms with van der Waals surface area (Å²) in [6, 6.07) is 17.0. The minimum atomic E-state index is 0.0434. The molecule has 0 saturated carbocycles. The summed E-state index contributed by atoms with van der Waals surface area (Å²) in [6.07, 6.45) is 3.33. The predicted molar refractivity (Wildman–Crippen MR) is 109 cm³/mol. The van der Waals surface area contributed by atoms with Crippen molar-refractivity contribution in [2.75, 3.05) is 26.7 Å². The molecular formula is C23H28N2O3. The number of hydrogen-bond donors (Lipinski definition) is 1. The molecular weight excluding hydrogens is 352 g/mol. The summed E-state index contributed by atoms with van der Waals surface area (Å²) in [6.45, 7) is 2.27. The van der Waals surface area contributed by atoms with Gasteiger partial charge in [0, 0.05) is 25.2 Å². The van der Waals surface area contributed by atoms with Crippen LogP contribution in [0.25, 0.3) is 0 Å². The summed E-state index contributed by atoms with van der Waals surface area (Å²) in [7, 11) is 1.63. The Hall–Kier alpha value is -2.82. The molecule has 2 aromatic carbocycles. The number of carbonyl (C=O) groups is 2. The van der Waals surface area contributed by atoms with Crippen LogP contribution in [0.1, 0.15) is 35.2 Å². The number of likely N-dealkylation sites (tertiary alicyclic amines) is 1. The van der Waals surface area contributed by atoms with Crippen molar-refractivity contribution in [2.45, 2.75) is 25.7 Å². The first-order valence-corrected chi connectivity index (χ1v) is 9.89. The molecule has 28 heavy (non-hydrogen) atoms. The fourth-order valence-corrected chi connectivity index (χ4v) is 3.60. The largest absolute Gasteiger partial charge is 0.497 e. The zero-order valence-corrected chi connectivity index (χ0v) is 16.4. The van der Waals surface area contributed by atoms with Gasteiger partial charge in [0.15, 0.2) is 0 Å². The Morgan fingerprint density at radius 2 is 1.71 bits per heavy atom. The standard InChI is InChI=1S/C23H28N2O3/c1-28-21-9-7-19(8-10-21)17-22(26)24-14-11-18-12-15-25(16-13-18)23(27)20-5-3-2-4-6-20/h2-10,18H,11-17H2,1H3,(H,24,26). The third-order valence-electron chi connectivity index (χ3n) is 5.32.